The van der Waals surface area contributed by atoms with Gasteiger partial charge in [0.05, 0.1) is 12.1 Å². The molecule has 0 aliphatic carbocycles. The first-order valence-electron chi connectivity index (χ1n) is 9.71. The summed E-state index contributed by atoms with van der Waals surface area (Å²) in [5.41, 5.74) is -0.324. The predicted molar refractivity (Wildman–Crippen MR) is 106 cm³/mol. The highest BCUT2D eigenvalue weighted by atomic mass is 19.4. The zero-order chi connectivity index (χ0) is 22.6. The van der Waals surface area contributed by atoms with Crippen LogP contribution < -0.4 is 5.32 Å². The van der Waals surface area contributed by atoms with E-state index in [4.69, 9.17) is 0 Å². The van der Waals surface area contributed by atoms with Crippen molar-refractivity contribution in [1.29, 1.82) is 0 Å². The molecular weight excluding hydrogens is 413 g/mol. The van der Waals surface area contributed by atoms with Crippen LogP contribution in [-0.4, -0.2) is 47.2 Å². The second-order valence-corrected chi connectivity index (χ2v) is 7.32. The first kappa shape index (κ1) is 22.3. The van der Waals surface area contributed by atoms with Crippen molar-refractivity contribution in [3.05, 3.63) is 65.2 Å². The molecule has 31 heavy (non-hydrogen) atoms. The van der Waals surface area contributed by atoms with Crippen molar-refractivity contribution in [1.82, 2.24) is 10.2 Å². The summed E-state index contributed by atoms with van der Waals surface area (Å²) in [5, 5.41) is 11.7. The number of phenolic OH excluding ortho intramolecular Hbond substituents is 1. The molecule has 0 atom stereocenters. The van der Waals surface area contributed by atoms with Crippen LogP contribution in [0.2, 0.25) is 0 Å². The van der Waals surface area contributed by atoms with Crippen molar-refractivity contribution in [2.45, 2.75) is 19.0 Å². The number of rotatable bonds is 5. The van der Waals surface area contributed by atoms with Crippen molar-refractivity contribution in [3.63, 3.8) is 0 Å². The maximum atomic E-state index is 12.6. The molecule has 164 valence electrons. The van der Waals surface area contributed by atoms with Crippen LogP contribution in [0, 0.1) is 5.92 Å². The van der Waals surface area contributed by atoms with Gasteiger partial charge in [0.15, 0.2) is 5.78 Å². The number of carbonyl (C=O) groups excluding carboxylic acids is 3. The van der Waals surface area contributed by atoms with Crippen LogP contribution in [0.15, 0.2) is 48.5 Å². The van der Waals surface area contributed by atoms with E-state index < -0.39 is 17.6 Å². The normalized spacial score (nSPS) is 14.9. The molecule has 0 radical (unpaired) electrons. The zero-order valence-electron chi connectivity index (χ0n) is 16.5. The maximum Gasteiger partial charge on any atom is 0.416 e. The number of alkyl halides is 3. The summed E-state index contributed by atoms with van der Waals surface area (Å²) < 4.78 is 37.8. The number of carbonyl (C=O) groups is 3. The van der Waals surface area contributed by atoms with E-state index in [1.807, 2.05) is 0 Å². The van der Waals surface area contributed by atoms with Crippen molar-refractivity contribution in [2.24, 2.45) is 5.92 Å². The molecule has 0 aromatic heterocycles. The van der Waals surface area contributed by atoms with E-state index in [2.05, 4.69) is 5.32 Å². The highest BCUT2D eigenvalue weighted by molar-refractivity contribution is 5.98. The third-order valence-corrected chi connectivity index (χ3v) is 5.24. The van der Waals surface area contributed by atoms with Crippen LogP contribution >= 0.6 is 0 Å². The van der Waals surface area contributed by atoms with Crippen LogP contribution in [0.25, 0.3) is 0 Å². The van der Waals surface area contributed by atoms with Crippen molar-refractivity contribution < 1.29 is 32.7 Å². The molecule has 2 aromatic rings. The number of ketones is 1. The molecule has 0 spiro atoms. The topological polar surface area (TPSA) is 86.7 Å². The van der Waals surface area contributed by atoms with Gasteiger partial charge >= 0.3 is 6.18 Å². The number of hydrogen-bond donors (Lipinski definition) is 2. The molecule has 1 aliphatic heterocycles. The maximum absolute atomic E-state index is 12.6. The molecule has 1 saturated heterocycles. The van der Waals surface area contributed by atoms with Gasteiger partial charge in [-0.2, -0.15) is 13.2 Å². The first-order chi connectivity index (χ1) is 14.6. The summed E-state index contributed by atoms with van der Waals surface area (Å²) >= 11 is 0. The Morgan fingerprint density at radius 2 is 1.48 bits per heavy atom. The van der Waals surface area contributed by atoms with Gasteiger partial charge in [0, 0.05) is 30.1 Å². The van der Waals surface area contributed by atoms with E-state index in [0.29, 0.717) is 31.5 Å². The molecule has 0 bridgehead atoms. The van der Waals surface area contributed by atoms with Gasteiger partial charge in [0.1, 0.15) is 5.75 Å². The highest BCUT2D eigenvalue weighted by Crippen LogP contribution is 2.29. The molecule has 2 aromatic carbocycles. The van der Waals surface area contributed by atoms with Crippen molar-refractivity contribution >= 4 is 17.6 Å². The van der Waals surface area contributed by atoms with Crippen LogP contribution in [0.4, 0.5) is 13.2 Å². The number of nitrogens with zero attached hydrogens (tertiary/aromatic N) is 1. The number of aromatic hydroxyl groups is 1. The smallest absolute Gasteiger partial charge is 0.416 e. The molecule has 3 rings (SSSR count). The fraction of sp³-hybridized carbons (Fsp3) is 0.318. The summed E-state index contributed by atoms with van der Waals surface area (Å²) in [4.78, 5) is 38.5. The Hall–Kier alpha value is -3.36. The van der Waals surface area contributed by atoms with E-state index in [-0.39, 0.29) is 35.5 Å². The Balaban J connectivity index is 1.47. The van der Waals surface area contributed by atoms with Gasteiger partial charge in [-0.05, 0) is 61.4 Å². The number of amides is 2. The fourth-order valence-corrected chi connectivity index (χ4v) is 3.43. The van der Waals surface area contributed by atoms with E-state index >= 15 is 0 Å². The van der Waals surface area contributed by atoms with E-state index in [1.54, 1.807) is 17.0 Å². The lowest BCUT2D eigenvalue weighted by Crippen LogP contribution is -2.45. The summed E-state index contributed by atoms with van der Waals surface area (Å²) in [6.07, 6.45) is -3.52. The van der Waals surface area contributed by atoms with Crippen LogP contribution in [0.3, 0.4) is 0 Å². The van der Waals surface area contributed by atoms with E-state index in [0.717, 1.165) is 24.3 Å². The number of phenols is 1. The molecule has 1 fully saturated rings. The zero-order valence-corrected chi connectivity index (χ0v) is 16.5. The molecule has 0 saturated carbocycles. The number of benzene rings is 2. The number of nitrogens with one attached hydrogen (secondary N) is 1. The van der Waals surface area contributed by atoms with Crippen molar-refractivity contribution in [3.8, 4) is 5.75 Å². The third kappa shape index (κ3) is 5.62. The highest BCUT2D eigenvalue weighted by Gasteiger charge is 2.30. The first-order valence-corrected chi connectivity index (χ1v) is 9.71. The van der Waals surface area contributed by atoms with Gasteiger partial charge in [-0.15, -0.1) is 0 Å². The molecular formula is C22H21F3N2O4. The molecule has 1 aliphatic rings. The Labute approximate surface area is 176 Å². The predicted octanol–water partition coefficient (Wildman–Crippen LogP) is 3.26. The summed E-state index contributed by atoms with van der Waals surface area (Å²) in [6.45, 7) is 0.448. The Kier molecular flexibility index (Phi) is 6.62. The van der Waals surface area contributed by atoms with E-state index in [9.17, 15) is 32.7 Å². The van der Waals surface area contributed by atoms with Gasteiger partial charge in [0.2, 0.25) is 5.91 Å². The quantitative estimate of drug-likeness (QED) is 0.708. The Morgan fingerprint density at radius 3 is 2.03 bits per heavy atom. The largest absolute Gasteiger partial charge is 0.508 e. The van der Waals surface area contributed by atoms with Crippen LogP contribution in [0.1, 0.15) is 39.1 Å². The summed E-state index contributed by atoms with van der Waals surface area (Å²) in [7, 11) is 0. The molecule has 2 amide bonds. The molecule has 2 N–H and O–H groups in total. The van der Waals surface area contributed by atoms with Gasteiger partial charge in [0.25, 0.3) is 5.91 Å². The lowest BCUT2D eigenvalue weighted by atomic mass is 9.89. The SMILES string of the molecule is O=C(NCC(=O)N1CCC(C(=O)c2ccc(O)cc2)CC1)c1ccc(C(F)(F)F)cc1. The van der Waals surface area contributed by atoms with Gasteiger partial charge < -0.3 is 15.3 Å². The Morgan fingerprint density at radius 1 is 0.935 bits per heavy atom. The minimum Gasteiger partial charge on any atom is -0.508 e. The van der Waals surface area contributed by atoms with Gasteiger partial charge in [-0.3, -0.25) is 14.4 Å². The Bertz CT molecular complexity index is 948. The lowest BCUT2D eigenvalue weighted by Gasteiger charge is -2.31. The van der Waals surface area contributed by atoms with Gasteiger partial charge in [-0.25, -0.2) is 0 Å². The lowest BCUT2D eigenvalue weighted by molar-refractivity contribution is -0.137. The van der Waals surface area contributed by atoms with E-state index in [1.165, 1.54) is 12.1 Å². The number of piperidine rings is 1. The minimum atomic E-state index is -4.49. The fourth-order valence-electron chi connectivity index (χ4n) is 3.43. The minimum absolute atomic E-state index is 0.0269. The van der Waals surface area contributed by atoms with Crippen LogP contribution in [-0.2, 0) is 11.0 Å². The number of likely N-dealkylation sites (tertiary alicyclic amines) is 1. The van der Waals surface area contributed by atoms with Gasteiger partial charge in [-0.1, -0.05) is 0 Å². The molecule has 9 heteroatoms. The number of halogens is 3. The second-order valence-electron chi connectivity index (χ2n) is 7.32. The summed E-state index contributed by atoms with van der Waals surface area (Å²) in [6, 6.07) is 9.76. The second kappa shape index (κ2) is 9.20. The third-order valence-electron chi connectivity index (χ3n) is 5.24. The average Bonchev–Trinajstić information content (AvgIpc) is 2.77. The summed E-state index contributed by atoms with van der Waals surface area (Å²) in [5.74, 6) is -1.15. The van der Waals surface area contributed by atoms with Crippen molar-refractivity contribution in [2.75, 3.05) is 19.6 Å². The molecule has 1 heterocycles. The average molecular weight is 434 g/mol. The molecule has 6 nitrogen and oxygen atoms in total. The molecule has 0 unspecified atom stereocenters. The number of Topliss-reactive ketones (excluding diaryl/α,β-unsaturated/α-hetero) is 1. The van der Waals surface area contributed by atoms with Crippen LogP contribution in [0.5, 0.6) is 5.75 Å². The standard InChI is InChI=1S/C22H21F3N2O4/c23-22(24,25)17-5-1-16(2-6-17)21(31)26-13-19(29)27-11-9-15(10-12-27)20(30)14-3-7-18(28)8-4-14/h1-8,15,28H,9-13H2,(H,26,31). The number of hydrogen-bond acceptors (Lipinski definition) is 4. The monoisotopic (exact) mass is 434 g/mol.